The van der Waals surface area contributed by atoms with E-state index < -0.39 is 0 Å². The fourth-order valence-electron chi connectivity index (χ4n) is 1.82. The molecule has 0 atom stereocenters. The van der Waals surface area contributed by atoms with Gasteiger partial charge in [-0.15, -0.1) is 0 Å². The van der Waals surface area contributed by atoms with Crippen LogP contribution in [0.25, 0.3) is 11.1 Å². The molecule has 100 valence electrons. The zero-order valence-electron chi connectivity index (χ0n) is 9.95. The molecule has 1 N–H and O–H groups in total. The number of nitrogens with zero attached hydrogens (tertiary/aromatic N) is 1. The normalized spacial score (nSPS) is 10.6. The minimum Gasteiger partial charge on any atom is -0.481 e. The van der Waals surface area contributed by atoms with Gasteiger partial charge in [-0.25, -0.2) is 4.98 Å². The summed E-state index contributed by atoms with van der Waals surface area (Å²) < 4.78 is 5.21. The molecule has 1 aromatic carbocycles. The maximum Gasteiger partial charge on any atom is 0.221 e. The van der Waals surface area contributed by atoms with Gasteiger partial charge in [-0.05, 0) is 23.8 Å². The highest BCUT2D eigenvalue weighted by molar-refractivity contribution is 6.42. The van der Waals surface area contributed by atoms with Gasteiger partial charge in [0, 0.05) is 16.8 Å². The smallest absolute Gasteiger partial charge is 0.221 e. The Balaban J connectivity index is 2.78. The van der Waals surface area contributed by atoms with E-state index in [4.69, 9.17) is 39.5 Å². The summed E-state index contributed by atoms with van der Waals surface area (Å²) in [7, 11) is 1.49. The number of methoxy groups -OCH3 is 1. The van der Waals surface area contributed by atoms with Gasteiger partial charge in [-0.2, -0.15) is 0 Å². The molecule has 0 radical (unpaired) electrons. The van der Waals surface area contributed by atoms with Gasteiger partial charge in [0.1, 0.15) is 0 Å². The van der Waals surface area contributed by atoms with Crippen LogP contribution in [0, 0.1) is 0 Å². The van der Waals surface area contributed by atoms with Crippen molar-refractivity contribution in [3.05, 3.63) is 45.0 Å². The number of hydrogen-bond acceptors (Lipinski definition) is 3. The number of pyridine rings is 1. The lowest BCUT2D eigenvalue weighted by atomic mass is 10.0. The lowest BCUT2D eigenvalue weighted by molar-refractivity contribution is 0.281. The number of aromatic nitrogens is 1. The van der Waals surface area contributed by atoms with E-state index in [-0.39, 0.29) is 6.61 Å². The average molecular weight is 319 g/mol. The zero-order valence-corrected chi connectivity index (χ0v) is 12.2. The minimum absolute atomic E-state index is 0.177. The Bertz CT molecular complexity index is 572. The van der Waals surface area contributed by atoms with Crippen LogP contribution >= 0.6 is 34.8 Å². The van der Waals surface area contributed by atoms with Crippen molar-refractivity contribution in [1.82, 2.24) is 4.98 Å². The first-order valence-corrected chi connectivity index (χ1v) is 6.49. The zero-order chi connectivity index (χ0) is 14.0. The first-order valence-electron chi connectivity index (χ1n) is 5.36. The van der Waals surface area contributed by atoms with Gasteiger partial charge in [-0.3, -0.25) is 0 Å². The Kier molecular flexibility index (Phi) is 4.53. The van der Waals surface area contributed by atoms with Crippen LogP contribution in [-0.2, 0) is 6.61 Å². The van der Waals surface area contributed by atoms with E-state index in [9.17, 15) is 5.11 Å². The van der Waals surface area contributed by atoms with E-state index in [1.165, 1.54) is 7.11 Å². The van der Waals surface area contributed by atoms with Gasteiger partial charge in [-0.1, -0.05) is 34.8 Å². The van der Waals surface area contributed by atoms with Gasteiger partial charge in [0.2, 0.25) is 5.88 Å². The summed E-state index contributed by atoms with van der Waals surface area (Å²) in [4.78, 5) is 4.10. The summed E-state index contributed by atoms with van der Waals surface area (Å²) in [6.07, 6.45) is 1.55. The molecule has 0 aliphatic heterocycles. The quantitative estimate of drug-likeness (QED) is 0.922. The van der Waals surface area contributed by atoms with Crippen molar-refractivity contribution >= 4 is 34.8 Å². The highest BCUT2D eigenvalue weighted by Gasteiger charge is 2.18. The van der Waals surface area contributed by atoms with Crippen LogP contribution in [0.5, 0.6) is 5.88 Å². The second-order valence-electron chi connectivity index (χ2n) is 3.76. The van der Waals surface area contributed by atoms with Crippen molar-refractivity contribution in [2.45, 2.75) is 6.61 Å². The molecule has 1 aromatic heterocycles. The SMILES string of the molecule is COc1nccc(CO)c1-c1c(Cl)cc(Cl)cc1Cl. The Labute approximate surface area is 125 Å². The monoisotopic (exact) mass is 317 g/mol. The van der Waals surface area contributed by atoms with Gasteiger partial charge >= 0.3 is 0 Å². The molecule has 0 aliphatic rings. The number of ether oxygens (including phenoxy) is 1. The van der Waals surface area contributed by atoms with E-state index in [1.54, 1.807) is 24.4 Å². The minimum atomic E-state index is -0.177. The number of halogens is 3. The van der Waals surface area contributed by atoms with Gasteiger partial charge in [0.25, 0.3) is 0 Å². The summed E-state index contributed by atoms with van der Waals surface area (Å²) in [6.45, 7) is -0.177. The molecule has 0 bridgehead atoms. The lowest BCUT2D eigenvalue weighted by Gasteiger charge is -2.14. The first kappa shape index (κ1) is 14.4. The van der Waals surface area contributed by atoms with E-state index in [0.717, 1.165) is 0 Å². The molecule has 19 heavy (non-hydrogen) atoms. The predicted molar refractivity (Wildman–Crippen MR) is 77.2 cm³/mol. The van der Waals surface area contributed by atoms with E-state index in [2.05, 4.69) is 4.98 Å². The highest BCUT2D eigenvalue weighted by Crippen LogP contribution is 2.42. The van der Waals surface area contributed by atoms with Crippen LogP contribution in [-0.4, -0.2) is 17.2 Å². The number of rotatable bonds is 3. The standard InChI is InChI=1S/C13H10Cl3NO2/c1-19-13-11(7(6-18)2-3-17-13)12-9(15)4-8(14)5-10(12)16/h2-5,18H,6H2,1H3. The Morgan fingerprint density at radius 1 is 1.16 bits per heavy atom. The van der Waals surface area contributed by atoms with Crippen LogP contribution in [0.1, 0.15) is 5.56 Å². The average Bonchev–Trinajstić information content (AvgIpc) is 2.37. The topological polar surface area (TPSA) is 42.4 Å². The van der Waals surface area contributed by atoms with Crippen molar-refractivity contribution in [3.63, 3.8) is 0 Å². The Morgan fingerprint density at radius 3 is 2.32 bits per heavy atom. The summed E-state index contributed by atoms with van der Waals surface area (Å²) in [5, 5.41) is 10.6. The van der Waals surface area contributed by atoms with Crippen LogP contribution < -0.4 is 4.74 Å². The molecule has 0 spiro atoms. The van der Waals surface area contributed by atoms with Crippen molar-refractivity contribution in [2.24, 2.45) is 0 Å². The maximum atomic E-state index is 9.44. The van der Waals surface area contributed by atoms with Gasteiger partial charge in [0.15, 0.2) is 0 Å². The summed E-state index contributed by atoms with van der Waals surface area (Å²) >= 11 is 18.3. The van der Waals surface area contributed by atoms with Crippen LogP contribution in [0.2, 0.25) is 15.1 Å². The van der Waals surface area contributed by atoms with E-state index in [1.807, 2.05) is 0 Å². The number of benzene rings is 1. The molecule has 1 heterocycles. The lowest BCUT2D eigenvalue weighted by Crippen LogP contribution is -1.98. The summed E-state index contributed by atoms with van der Waals surface area (Å²) in [6, 6.07) is 4.84. The molecule has 2 rings (SSSR count). The second-order valence-corrected chi connectivity index (χ2v) is 5.01. The predicted octanol–water partition coefficient (Wildman–Crippen LogP) is 4.21. The largest absolute Gasteiger partial charge is 0.481 e. The Morgan fingerprint density at radius 2 is 1.79 bits per heavy atom. The molecule has 0 saturated heterocycles. The fourth-order valence-corrected chi connectivity index (χ4v) is 2.82. The molecule has 0 amide bonds. The second kappa shape index (κ2) is 5.97. The van der Waals surface area contributed by atoms with Crippen LogP contribution in [0.4, 0.5) is 0 Å². The number of hydrogen-bond donors (Lipinski definition) is 1. The van der Waals surface area contributed by atoms with Crippen LogP contribution in [0.15, 0.2) is 24.4 Å². The van der Waals surface area contributed by atoms with Crippen molar-refractivity contribution in [3.8, 4) is 17.0 Å². The Hall–Kier alpha value is -1.000. The van der Waals surface area contributed by atoms with Crippen molar-refractivity contribution in [1.29, 1.82) is 0 Å². The van der Waals surface area contributed by atoms with Crippen molar-refractivity contribution < 1.29 is 9.84 Å². The first-order chi connectivity index (χ1) is 9.08. The number of aliphatic hydroxyl groups excluding tert-OH is 1. The van der Waals surface area contributed by atoms with Crippen LogP contribution in [0.3, 0.4) is 0 Å². The fraction of sp³-hybridized carbons (Fsp3) is 0.154. The molecule has 0 aliphatic carbocycles. The molecular weight excluding hydrogens is 309 g/mol. The van der Waals surface area contributed by atoms with Crippen molar-refractivity contribution in [2.75, 3.05) is 7.11 Å². The summed E-state index contributed by atoms with van der Waals surface area (Å²) in [5.74, 6) is 0.345. The van der Waals surface area contributed by atoms with Gasteiger partial charge in [0.05, 0.1) is 29.3 Å². The summed E-state index contributed by atoms with van der Waals surface area (Å²) in [5.41, 5.74) is 1.74. The third kappa shape index (κ3) is 2.79. The van der Waals surface area contributed by atoms with Gasteiger partial charge < -0.3 is 9.84 Å². The molecule has 6 heteroatoms. The van der Waals surface area contributed by atoms with E-state index >= 15 is 0 Å². The molecule has 0 saturated carbocycles. The molecule has 0 fully saturated rings. The number of aliphatic hydroxyl groups is 1. The highest BCUT2D eigenvalue weighted by atomic mass is 35.5. The molecule has 3 nitrogen and oxygen atoms in total. The third-order valence-electron chi connectivity index (χ3n) is 2.62. The van der Waals surface area contributed by atoms with E-state index in [0.29, 0.717) is 37.6 Å². The molecular formula is C13H10Cl3NO2. The molecule has 0 unspecified atom stereocenters. The third-order valence-corrected chi connectivity index (χ3v) is 3.44. The molecule has 2 aromatic rings. The maximum absolute atomic E-state index is 9.44.